The van der Waals surface area contributed by atoms with Gasteiger partial charge in [0.15, 0.2) is 0 Å². The van der Waals surface area contributed by atoms with E-state index in [0.29, 0.717) is 28.3 Å². The zero-order chi connectivity index (χ0) is 20.5. The number of aryl methyl sites for hydroxylation is 1. The number of ether oxygens (including phenoxy) is 1. The molecule has 2 heterocycles. The van der Waals surface area contributed by atoms with E-state index in [1.807, 2.05) is 30.3 Å². The van der Waals surface area contributed by atoms with Crippen LogP contribution < -0.4 is 0 Å². The molecule has 4 rings (SSSR count). The summed E-state index contributed by atoms with van der Waals surface area (Å²) >= 11 is 6.70. The van der Waals surface area contributed by atoms with Crippen LogP contribution in [-0.4, -0.2) is 32.7 Å². The van der Waals surface area contributed by atoms with Gasteiger partial charge in [0.1, 0.15) is 11.1 Å². The van der Waals surface area contributed by atoms with E-state index in [2.05, 4.69) is 10.3 Å². The third-order valence-corrected chi connectivity index (χ3v) is 5.42. The van der Waals surface area contributed by atoms with Gasteiger partial charge in [0.05, 0.1) is 36.4 Å². The van der Waals surface area contributed by atoms with Crippen LogP contribution in [0.2, 0.25) is 5.02 Å². The first-order chi connectivity index (χ1) is 14.0. The van der Waals surface area contributed by atoms with Crippen LogP contribution >= 0.6 is 11.6 Å². The number of halogens is 1. The van der Waals surface area contributed by atoms with Crippen LogP contribution in [0.15, 0.2) is 41.0 Å². The van der Waals surface area contributed by atoms with Gasteiger partial charge in [-0.3, -0.25) is 4.79 Å². The topological polar surface area (TPSA) is 90.4 Å². The van der Waals surface area contributed by atoms with E-state index >= 15 is 0 Å². The van der Waals surface area contributed by atoms with Gasteiger partial charge >= 0.3 is 5.97 Å². The van der Waals surface area contributed by atoms with E-state index < -0.39 is 0 Å². The molecule has 0 aliphatic heterocycles. The number of rotatable bonds is 6. The Labute approximate surface area is 171 Å². The number of furan rings is 1. The third kappa shape index (κ3) is 3.47. The normalized spacial score (nSPS) is 12.6. The van der Waals surface area contributed by atoms with Crippen molar-refractivity contribution in [2.45, 2.75) is 25.9 Å². The molecule has 1 N–H and O–H groups in total. The van der Waals surface area contributed by atoms with Crippen LogP contribution in [0.3, 0.4) is 0 Å². The summed E-state index contributed by atoms with van der Waals surface area (Å²) in [5, 5.41) is 19.3. The number of hydrogen-bond donors (Lipinski definition) is 1. The highest BCUT2D eigenvalue weighted by Crippen LogP contribution is 2.38. The number of esters is 1. The first-order valence-corrected chi connectivity index (χ1v) is 9.65. The van der Waals surface area contributed by atoms with Crippen LogP contribution in [0.25, 0.3) is 22.0 Å². The zero-order valence-electron chi connectivity index (χ0n) is 16.1. The molecule has 0 spiro atoms. The predicted molar refractivity (Wildman–Crippen MR) is 109 cm³/mol. The van der Waals surface area contributed by atoms with Crippen molar-refractivity contribution in [3.8, 4) is 0 Å². The van der Waals surface area contributed by atoms with Gasteiger partial charge in [0, 0.05) is 23.9 Å². The monoisotopic (exact) mass is 413 g/mol. The summed E-state index contributed by atoms with van der Waals surface area (Å²) in [7, 11) is 1.79. The van der Waals surface area contributed by atoms with E-state index in [9.17, 15) is 9.90 Å². The van der Waals surface area contributed by atoms with Gasteiger partial charge in [-0.1, -0.05) is 22.9 Å². The lowest BCUT2D eigenvalue weighted by molar-refractivity contribution is -0.143. The number of carbonyl (C=O) groups is 1. The van der Waals surface area contributed by atoms with E-state index in [4.69, 9.17) is 20.8 Å². The summed E-state index contributed by atoms with van der Waals surface area (Å²) in [5.74, 6) is -0.705. The highest BCUT2D eigenvalue weighted by Gasteiger charge is 2.25. The van der Waals surface area contributed by atoms with Crippen molar-refractivity contribution in [3.63, 3.8) is 0 Å². The van der Waals surface area contributed by atoms with Gasteiger partial charge in [-0.25, -0.2) is 4.68 Å². The van der Waals surface area contributed by atoms with Gasteiger partial charge < -0.3 is 14.3 Å². The smallest absolute Gasteiger partial charge is 0.306 e. The lowest BCUT2D eigenvalue weighted by Crippen LogP contribution is -2.12. The number of aromatic nitrogens is 3. The molecule has 4 aromatic rings. The van der Waals surface area contributed by atoms with Crippen LogP contribution in [0.5, 0.6) is 0 Å². The van der Waals surface area contributed by atoms with E-state index in [1.54, 1.807) is 24.9 Å². The molecule has 0 aliphatic rings. The Kier molecular flexibility index (Phi) is 5.25. The molecule has 0 saturated carbocycles. The van der Waals surface area contributed by atoms with Crippen molar-refractivity contribution in [2.24, 2.45) is 7.05 Å². The summed E-state index contributed by atoms with van der Waals surface area (Å²) in [6.07, 6.45) is 1.68. The van der Waals surface area contributed by atoms with Crippen LogP contribution in [-0.2, 0) is 23.2 Å². The maximum Gasteiger partial charge on any atom is 0.306 e. The fourth-order valence-corrected chi connectivity index (χ4v) is 3.98. The maximum atomic E-state index is 12.4. The molecule has 0 bridgehead atoms. The van der Waals surface area contributed by atoms with Crippen molar-refractivity contribution in [2.75, 3.05) is 6.61 Å². The molecular formula is C21H20ClN3O4. The third-order valence-electron chi connectivity index (χ3n) is 5.03. The minimum absolute atomic E-state index is 0.105. The quantitative estimate of drug-likeness (QED) is 0.481. The molecule has 150 valence electrons. The highest BCUT2D eigenvalue weighted by molar-refractivity contribution is 6.35. The van der Waals surface area contributed by atoms with Crippen molar-refractivity contribution in [1.82, 2.24) is 15.0 Å². The summed E-state index contributed by atoms with van der Waals surface area (Å²) < 4.78 is 12.3. The Bertz CT molecular complexity index is 1200. The second-order valence-electron chi connectivity index (χ2n) is 6.79. The number of benzene rings is 2. The van der Waals surface area contributed by atoms with Gasteiger partial charge in [-0.15, -0.1) is 5.10 Å². The number of hydrogen-bond acceptors (Lipinski definition) is 6. The second kappa shape index (κ2) is 7.85. The Hall–Kier alpha value is -2.90. The van der Waals surface area contributed by atoms with E-state index in [1.165, 1.54) is 0 Å². The number of aliphatic hydroxyl groups is 1. The highest BCUT2D eigenvalue weighted by atomic mass is 35.5. The fraction of sp³-hybridized carbons (Fsp3) is 0.286. The lowest BCUT2D eigenvalue weighted by atomic mass is 9.86. The summed E-state index contributed by atoms with van der Waals surface area (Å²) in [6.45, 7) is 1.89. The number of fused-ring (bicyclic) bond motifs is 2. The van der Waals surface area contributed by atoms with Gasteiger partial charge in [0.25, 0.3) is 0 Å². The molecule has 1 unspecified atom stereocenters. The molecule has 2 aromatic heterocycles. The molecule has 1 atom stereocenters. The molecule has 7 nitrogen and oxygen atoms in total. The minimum atomic E-state index is -0.377. The molecular weight excluding hydrogens is 394 g/mol. The number of nitrogens with zero attached hydrogens (tertiary/aromatic N) is 3. The maximum absolute atomic E-state index is 12.4. The Morgan fingerprint density at radius 1 is 1.34 bits per heavy atom. The molecule has 0 saturated heterocycles. The Morgan fingerprint density at radius 2 is 2.17 bits per heavy atom. The summed E-state index contributed by atoms with van der Waals surface area (Å²) in [6, 6.07) is 9.38. The molecule has 29 heavy (non-hydrogen) atoms. The predicted octanol–water partition coefficient (Wildman–Crippen LogP) is 3.95. The van der Waals surface area contributed by atoms with Crippen LogP contribution in [0.4, 0.5) is 0 Å². The van der Waals surface area contributed by atoms with Crippen LogP contribution in [0, 0.1) is 0 Å². The molecule has 0 fully saturated rings. The standard InChI is InChI=1S/C21H20ClN3O4/c1-3-28-18(27)10-16(13-8-12-6-7-29-21(12)14(9-13)11-26)15-4-5-17-20(19(15)22)23-24-25(17)2/h4-9,16,26H,3,10-11H2,1-2H3. The van der Waals surface area contributed by atoms with Crippen molar-refractivity contribution in [3.05, 3.63) is 58.3 Å². The Balaban J connectivity index is 1.88. The number of aliphatic hydroxyl groups excluding tert-OH is 1. The average Bonchev–Trinajstić information content (AvgIpc) is 3.33. The summed E-state index contributed by atoms with van der Waals surface area (Å²) in [5.41, 5.74) is 4.23. The SMILES string of the molecule is CCOC(=O)CC(c1cc(CO)c2occc2c1)c1ccc2c(nnn2C)c1Cl. The molecule has 0 amide bonds. The Morgan fingerprint density at radius 3 is 2.93 bits per heavy atom. The average molecular weight is 414 g/mol. The zero-order valence-corrected chi connectivity index (χ0v) is 16.8. The lowest BCUT2D eigenvalue weighted by Gasteiger charge is -2.20. The first kappa shape index (κ1) is 19.4. The fourth-order valence-electron chi connectivity index (χ4n) is 3.65. The minimum Gasteiger partial charge on any atom is -0.466 e. The van der Waals surface area contributed by atoms with Crippen molar-refractivity contribution < 1.29 is 19.1 Å². The molecule has 8 heteroatoms. The molecule has 0 aliphatic carbocycles. The molecule has 2 aromatic carbocycles. The summed E-state index contributed by atoms with van der Waals surface area (Å²) in [4.78, 5) is 12.4. The second-order valence-corrected chi connectivity index (χ2v) is 7.17. The molecule has 0 radical (unpaired) electrons. The van der Waals surface area contributed by atoms with E-state index in [-0.39, 0.29) is 24.9 Å². The van der Waals surface area contributed by atoms with Gasteiger partial charge in [-0.2, -0.15) is 0 Å². The first-order valence-electron chi connectivity index (χ1n) is 9.27. The van der Waals surface area contributed by atoms with Crippen molar-refractivity contribution in [1.29, 1.82) is 0 Å². The largest absolute Gasteiger partial charge is 0.466 e. The van der Waals surface area contributed by atoms with Gasteiger partial charge in [0.2, 0.25) is 0 Å². The van der Waals surface area contributed by atoms with E-state index in [0.717, 1.165) is 22.0 Å². The van der Waals surface area contributed by atoms with Crippen LogP contribution in [0.1, 0.15) is 36.0 Å². The number of carbonyl (C=O) groups excluding carboxylic acids is 1. The van der Waals surface area contributed by atoms with Gasteiger partial charge in [-0.05, 0) is 42.3 Å². The van der Waals surface area contributed by atoms with Crippen molar-refractivity contribution >= 4 is 39.6 Å².